The van der Waals surface area contributed by atoms with E-state index in [0.717, 1.165) is 92.0 Å². The van der Waals surface area contributed by atoms with Gasteiger partial charge in [0.1, 0.15) is 0 Å². The van der Waals surface area contributed by atoms with Gasteiger partial charge in [-0.25, -0.2) is 9.97 Å². The van der Waals surface area contributed by atoms with Gasteiger partial charge in [0.05, 0.1) is 45.8 Å². The van der Waals surface area contributed by atoms with Crippen LogP contribution >= 0.6 is 0 Å². The first kappa shape index (κ1) is 34.5. The summed E-state index contributed by atoms with van der Waals surface area (Å²) in [6.45, 7) is 0. The van der Waals surface area contributed by atoms with E-state index in [0.29, 0.717) is 0 Å². The van der Waals surface area contributed by atoms with Gasteiger partial charge >= 0.3 is 0 Å². The Morgan fingerprint density at radius 1 is 0.400 bits per heavy atom. The summed E-state index contributed by atoms with van der Waals surface area (Å²) >= 11 is 0. The van der Waals surface area contributed by atoms with Gasteiger partial charge in [0.15, 0.2) is 0 Å². The number of allylic oxidation sites excluding steroid dienone is 5. The molecule has 0 spiro atoms. The van der Waals surface area contributed by atoms with E-state index in [1.54, 1.807) is 0 Å². The maximum absolute atomic E-state index is 5.32. The molecule has 0 saturated carbocycles. The van der Waals surface area contributed by atoms with Crippen molar-refractivity contribution >= 4 is 71.6 Å². The Kier molecular flexibility index (Phi) is 8.09. The molecule has 10 aromatic rings. The summed E-state index contributed by atoms with van der Waals surface area (Å²) in [5, 5.41) is 7.07. The predicted octanol–water partition coefficient (Wildman–Crippen LogP) is 14.3. The van der Waals surface area contributed by atoms with Crippen molar-refractivity contribution in [1.82, 2.24) is 19.9 Å². The standard InChI is InChI=1S/C56H38N4/c1-5-25-47-43(21-1)45-23-3-7-27-49(45)55-53(47)57-33-51(59-55)41-19-11-17-39(31-41)37-15-9-13-35(29-37)36-14-10-16-38(30-36)40-18-12-20-42(32-40)52-34-58-54-48-26-6-2-22-44(48)46-24-4-8-28-50(46)56(54)60-52/h1-7,9,11-13,15-27,29-34H,8,10,14,28H2. The van der Waals surface area contributed by atoms with Gasteiger partial charge in [0, 0.05) is 27.3 Å². The van der Waals surface area contributed by atoms with Crippen LogP contribution in [0.4, 0.5) is 0 Å². The minimum Gasteiger partial charge on any atom is -0.252 e. The molecule has 0 radical (unpaired) electrons. The van der Waals surface area contributed by atoms with Crippen LogP contribution in [-0.2, 0) is 6.42 Å². The average molecular weight is 767 g/mol. The minimum absolute atomic E-state index is 0.868. The molecule has 0 saturated heterocycles. The van der Waals surface area contributed by atoms with Gasteiger partial charge in [-0.15, -0.1) is 0 Å². The van der Waals surface area contributed by atoms with E-state index in [-0.39, 0.29) is 0 Å². The number of benzene rings is 8. The fraction of sp³-hybridized carbons (Fsp3) is 0.0714. The molecule has 12 rings (SSSR count). The second-order valence-corrected chi connectivity index (χ2v) is 16.0. The number of aryl methyl sites for hydroxylation is 1. The molecule has 282 valence electrons. The molecule has 60 heavy (non-hydrogen) atoms. The normalized spacial score (nSPS) is 13.9. The van der Waals surface area contributed by atoms with Gasteiger partial charge < -0.3 is 0 Å². The van der Waals surface area contributed by atoms with Crippen molar-refractivity contribution in [2.75, 3.05) is 0 Å². The van der Waals surface area contributed by atoms with Crippen molar-refractivity contribution in [2.45, 2.75) is 25.7 Å². The van der Waals surface area contributed by atoms with Crippen molar-refractivity contribution < 1.29 is 0 Å². The van der Waals surface area contributed by atoms with Gasteiger partial charge in [-0.2, -0.15) is 0 Å². The third-order valence-electron chi connectivity index (χ3n) is 12.5. The van der Waals surface area contributed by atoms with Crippen LogP contribution in [0.3, 0.4) is 0 Å². The summed E-state index contributed by atoms with van der Waals surface area (Å²) in [4.78, 5) is 20.7. The lowest BCUT2D eigenvalue weighted by Gasteiger charge is -2.18. The quantitative estimate of drug-likeness (QED) is 0.164. The first-order chi connectivity index (χ1) is 29.7. The Labute approximate surface area is 348 Å². The van der Waals surface area contributed by atoms with Crippen molar-refractivity contribution in [3.05, 3.63) is 198 Å². The molecule has 0 atom stereocenters. The first-order valence-electron chi connectivity index (χ1n) is 20.9. The number of hydrogen-bond donors (Lipinski definition) is 0. The van der Waals surface area contributed by atoms with Crippen molar-refractivity contribution in [3.8, 4) is 33.6 Å². The number of rotatable bonds is 5. The van der Waals surface area contributed by atoms with E-state index < -0.39 is 0 Å². The molecule has 2 aromatic heterocycles. The molecule has 2 aliphatic rings. The van der Waals surface area contributed by atoms with E-state index in [2.05, 4.69) is 170 Å². The largest absolute Gasteiger partial charge is 0.252 e. The summed E-state index contributed by atoms with van der Waals surface area (Å²) in [5.74, 6) is 0. The molecule has 4 nitrogen and oxygen atoms in total. The Morgan fingerprint density at radius 3 is 1.62 bits per heavy atom. The van der Waals surface area contributed by atoms with Crippen LogP contribution in [0.5, 0.6) is 0 Å². The molecular weight excluding hydrogens is 729 g/mol. The van der Waals surface area contributed by atoms with Crippen LogP contribution in [0.2, 0.25) is 0 Å². The molecule has 0 N–H and O–H groups in total. The van der Waals surface area contributed by atoms with Crippen LogP contribution in [0.25, 0.3) is 105 Å². The van der Waals surface area contributed by atoms with E-state index in [1.165, 1.54) is 55.1 Å². The smallest absolute Gasteiger partial charge is 0.0979 e. The van der Waals surface area contributed by atoms with Crippen LogP contribution in [0, 0.1) is 0 Å². The molecule has 0 amide bonds. The Hall–Kier alpha value is -7.56. The van der Waals surface area contributed by atoms with Crippen molar-refractivity contribution in [1.29, 1.82) is 0 Å². The zero-order chi connectivity index (χ0) is 39.6. The molecule has 0 unspecified atom stereocenters. The molecule has 2 heterocycles. The van der Waals surface area contributed by atoms with E-state index >= 15 is 0 Å². The summed E-state index contributed by atoms with van der Waals surface area (Å²) in [7, 11) is 0. The number of nitrogens with zero attached hydrogens (tertiary/aromatic N) is 4. The van der Waals surface area contributed by atoms with Crippen LogP contribution in [-0.4, -0.2) is 19.9 Å². The van der Waals surface area contributed by atoms with Gasteiger partial charge in [0.25, 0.3) is 0 Å². The lowest BCUT2D eigenvalue weighted by atomic mass is 9.88. The lowest BCUT2D eigenvalue weighted by Crippen LogP contribution is -2.01. The second kappa shape index (κ2) is 14.1. The Bertz CT molecular complexity index is 3460. The highest BCUT2D eigenvalue weighted by Crippen LogP contribution is 2.39. The van der Waals surface area contributed by atoms with E-state index in [9.17, 15) is 0 Å². The topological polar surface area (TPSA) is 51.6 Å². The summed E-state index contributed by atoms with van der Waals surface area (Å²) in [6, 6.07) is 52.1. The first-order valence-corrected chi connectivity index (χ1v) is 20.9. The Balaban J connectivity index is 0.863. The third-order valence-corrected chi connectivity index (χ3v) is 12.5. The highest BCUT2D eigenvalue weighted by molar-refractivity contribution is 6.23. The average Bonchev–Trinajstić information content (AvgIpc) is 3.34. The molecule has 4 heteroatoms. The van der Waals surface area contributed by atoms with Crippen LogP contribution in [0.1, 0.15) is 41.5 Å². The van der Waals surface area contributed by atoms with Gasteiger partial charge in [-0.1, -0.05) is 152 Å². The summed E-state index contributed by atoms with van der Waals surface area (Å²) < 4.78 is 0. The summed E-state index contributed by atoms with van der Waals surface area (Å²) in [5.41, 5.74) is 17.7. The minimum atomic E-state index is 0.868. The highest BCUT2D eigenvalue weighted by Gasteiger charge is 2.19. The zero-order valence-corrected chi connectivity index (χ0v) is 32.9. The monoisotopic (exact) mass is 766 g/mol. The number of fused-ring (bicyclic) bond motifs is 12. The van der Waals surface area contributed by atoms with Gasteiger partial charge in [0.2, 0.25) is 0 Å². The molecule has 8 aromatic carbocycles. The van der Waals surface area contributed by atoms with E-state index in [4.69, 9.17) is 19.9 Å². The molecule has 2 aliphatic carbocycles. The molecule has 0 bridgehead atoms. The van der Waals surface area contributed by atoms with Gasteiger partial charge in [-0.3, -0.25) is 9.97 Å². The molecule has 0 fully saturated rings. The van der Waals surface area contributed by atoms with Crippen molar-refractivity contribution in [2.24, 2.45) is 0 Å². The van der Waals surface area contributed by atoms with E-state index in [1.807, 2.05) is 12.4 Å². The van der Waals surface area contributed by atoms with Gasteiger partial charge in [-0.05, 0) is 105 Å². The fourth-order valence-corrected chi connectivity index (χ4v) is 9.53. The highest BCUT2D eigenvalue weighted by atomic mass is 14.8. The fourth-order valence-electron chi connectivity index (χ4n) is 9.53. The molecule has 0 aliphatic heterocycles. The maximum Gasteiger partial charge on any atom is 0.0979 e. The summed E-state index contributed by atoms with van der Waals surface area (Å²) in [6.07, 6.45) is 17.1. The van der Waals surface area contributed by atoms with Crippen LogP contribution < -0.4 is 0 Å². The predicted molar refractivity (Wildman–Crippen MR) is 250 cm³/mol. The lowest BCUT2D eigenvalue weighted by molar-refractivity contribution is 0.994. The van der Waals surface area contributed by atoms with Crippen LogP contribution in [0.15, 0.2) is 176 Å². The van der Waals surface area contributed by atoms with Crippen molar-refractivity contribution in [3.63, 3.8) is 0 Å². The number of aromatic nitrogens is 4. The maximum atomic E-state index is 5.32. The number of hydrogen-bond acceptors (Lipinski definition) is 4. The molecular formula is C56H38N4. The second-order valence-electron chi connectivity index (χ2n) is 16.0. The SMILES string of the molecule is C1=Cc2c(c3nc(-c4cccc(C5=CCCC(c6cccc(-c7cccc(-c8cnc9c%10ccccc%10c%10ccccc%10c9n8)c7)c6)=C5)c4)cnc3c3ccccc23)CC1. The Morgan fingerprint density at radius 2 is 0.917 bits per heavy atom. The zero-order valence-electron chi connectivity index (χ0n) is 32.9. The third kappa shape index (κ3) is 5.75.